The highest BCUT2D eigenvalue weighted by Crippen LogP contribution is 2.36. The topological polar surface area (TPSA) is 59.5 Å². The summed E-state index contributed by atoms with van der Waals surface area (Å²) >= 11 is 6.03. The van der Waals surface area contributed by atoms with Gasteiger partial charge in [0.15, 0.2) is 0 Å². The van der Waals surface area contributed by atoms with Crippen molar-refractivity contribution < 1.29 is 9.21 Å². The summed E-state index contributed by atoms with van der Waals surface area (Å²) in [4.78, 5) is 14.1. The lowest BCUT2D eigenvalue weighted by Gasteiger charge is -2.23. The number of nitrogens with zero attached hydrogens (tertiary/aromatic N) is 1. The summed E-state index contributed by atoms with van der Waals surface area (Å²) in [5.74, 6) is 0.900. The van der Waals surface area contributed by atoms with Gasteiger partial charge < -0.3 is 15.1 Å². The molecular formula is C15H15ClN2O2. The van der Waals surface area contributed by atoms with E-state index < -0.39 is 0 Å². The normalized spacial score (nSPS) is 14.2. The summed E-state index contributed by atoms with van der Waals surface area (Å²) < 4.78 is 5.34. The molecule has 20 heavy (non-hydrogen) atoms. The summed E-state index contributed by atoms with van der Waals surface area (Å²) in [6, 6.07) is 8.80. The minimum Gasteiger partial charge on any atom is -0.467 e. The van der Waals surface area contributed by atoms with Crippen LogP contribution < -0.4 is 10.6 Å². The molecule has 5 heteroatoms. The number of carbonyl (C=O) groups excluding carboxylic acids is 1. The van der Waals surface area contributed by atoms with Gasteiger partial charge in [0.05, 0.1) is 24.2 Å². The van der Waals surface area contributed by atoms with Crippen LogP contribution in [-0.2, 0) is 11.3 Å². The van der Waals surface area contributed by atoms with Crippen molar-refractivity contribution in [1.29, 1.82) is 0 Å². The number of amides is 1. The fraction of sp³-hybridized carbons (Fsp3) is 0.267. The molecule has 1 amide bonds. The number of hydrogen-bond acceptors (Lipinski definition) is 3. The second-order valence-corrected chi connectivity index (χ2v) is 5.42. The molecule has 0 saturated heterocycles. The molecule has 1 aliphatic rings. The van der Waals surface area contributed by atoms with Gasteiger partial charge in [-0.25, -0.2) is 0 Å². The number of nitrogen functional groups attached to an aromatic ring is 1. The molecule has 1 aromatic heterocycles. The third-order valence-corrected chi connectivity index (χ3v) is 3.61. The van der Waals surface area contributed by atoms with Crippen LogP contribution in [0.2, 0.25) is 5.02 Å². The van der Waals surface area contributed by atoms with E-state index in [2.05, 4.69) is 0 Å². The van der Waals surface area contributed by atoms with E-state index in [1.54, 1.807) is 35.4 Å². The molecule has 0 bridgehead atoms. The first-order valence-electron chi connectivity index (χ1n) is 6.54. The molecule has 0 spiro atoms. The third kappa shape index (κ3) is 2.65. The maximum atomic E-state index is 12.5. The van der Waals surface area contributed by atoms with Gasteiger partial charge in [-0.1, -0.05) is 11.6 Å². The Kier molecular flexibility index (Phi) is 3.40. The molecule has 2 N–H and O–H groups in total. The molecule has 0 aliphatic heterocycles. The average Bonchev–Trinajstić information content (AvgIpc) is 3.16. The number of halogens is 1. The Bertz CT molecular complexity index is 621. The van der Waals surface area contributed by atoms with E-state index in [9.17, 15) is 4.79 Å². The number of anilines is 2. The fourth-order valence-corrected chi connectivity index (χ4v) is 2.31. The molecule has 1 aliphatic carbocycles. The number of benzene rings is 1. The molecule has 0 unspecified atom stereocenters. The number of furan rings is 1. The Labute approximate surface area is 122 Å². The maximum Gasteiger partial charge on any atom is 0.230 e. The molecule has 3 rings (SSSR count). The molecule has 2 aromatic rings. The van der Waals surface area contributed by atoms with Gasteiger partial charge in [0, 0.05) is 10.9 Å². The predicted molar refractivity (Wildman–Crippen MR) is 78.5 cm³/mol. The number of nitrogens with two attached hydrogens (primary N) is 1. The van der Waals surface area contributed by atoms with Crippen LogP contribution in [0.15, 0.2) is 41.0 Å². The minimum atomic E-state index is 0.0790. The average molecular weight is 291 g/mol. The summed E-state index contributed by atoms with van der Waals surface area (Å²) in [6.07, 6.45) is 3.47. The van der Waals surface area contributed by atoms with E-state index in [0.29, 0.717) is 22.9 Å². The summed E-state index contributed by atoms with van der Waals surface area (Å²) in [5, 5.41) is 0.558. The molecule has 1 aromatic carbocycles. The van der Waals surface area contributed by atoms with Crippen LogP contribution >= 0.6 is 11.6 Å². The molecule has 1 fully saturated rings. The zero-order valence-corrected chi connectivity index (χ0v) is 11.6. The van der Waals surface area contributed by atoms with E-state index in [4.69, 9.17) is 21.8 Å². The quantitative estimate of drug-likeness (QED) is 0.877. The van der Waals surface area contributed by atoms with E-state index in [1.807, 2.05) is 6.07 Å². The van der Waals surface area contributed by atoms with Crippen LogP contribution in [0.3, 0.4) is 0 Å². The van der Waals surface area contributed by atoms with Gasteiger partial charge in [0.1, 0.15) is 5.76 Å². The van der Waals surface area contributed by atoms with Crippen molar-refractivity contribution in [2.24, 2.45) is 5.92 Å². The van der Waals surface area contributed by atoms with Crippen molar-refractivity contribution in [3.63, 3.8) is 0 Å². The van der Waals surface area contributed by atoms with Crippen molar-refractivity contribution >= 4 is 28.9 Å². The second kappa shape index (κ2) is 5.21. The lowest BCUT2D eigenvalue weighted by atomic mass is 10.2. The van der Waals surface area contributed by atoms with Crippen molar-refractivity contribution in [3.8, 4) is 0 Å². The second-order valence-electron chi connectivity index (χ2n) is 4.98. The SMILES string of the molecule is Nc1ccc(Cl)cc1N(Cc1ccco1)C(=O)C1CC1. The van der Waals surface area contributed by atoms with Crippen molar-refractivity contribution in [3.05, 3.63) is 47.4 Å². The Morgan fingerprint density at radius 1 is 1.40 bits per heavy atom. The monoisotopic (exact) mass is 290 g/mol. The smallest absolute Gasteiger partial charge is 0.230 e. The molecule has 0 atom stereocenters. The molecule has 104 valence electrons. The Hall–Kier alpha value is -1.94. The van der Waals surface area contributed by atoms with Crippen molar-refractivity contribution in [2.45, 2.75) is 19.4 Å². The molecule has 0 radical (unpaired) electrons. The molecule has 1 saturated carbocycles. The van der Waals surface area contributed by atoms with Gasteiger partial charge in [-0.2, -0.15) is 0 Å². The van der Waals surface area contributed by atoms with Gasteiger partial charge in [-0.15, -0.1) is 0 Å². The van der Waals surface area contributed by atoms with E-state index >= 15 is 0 Å². The van der Waals surface area contributed by atoms with Crippen molar-refractivity contribution in [1.82, 2.24) is 0 Å². The Morgan fingerprint density at radius 3 is 2.85 bits per heavy atom. The van der Waals surface area contributed by atoms with Crippen LogP contribution in [-0.4, -0.2) is 5.91 Å². The van der Waals surface area contributed by atoms with Crippen LogP contribution in [0.5, 0.6) is 0 Å². The summed E-state index contributed by atoms with van der Waals surface area (Å²) in [5.41, 5.74) is 7.18. The van der Waals surface area contributed by atoms with Gasteiger partial charge in [0.2, 0.25) is 5.91 Å². The molecular weight excluding hydrogens is 276 g/mol. The van der Waals surface area contributed by atoms with Gasteiger partial charge >= 0.3 is 0 Å². The lowest BCUT2D eigenvalue weighted by molar-refractivity contribution is -0.119. The fourth-order valence-electron chi connectivity index (χ4n) is 2.14. The van der Waals surface area contributed by atoms with Crippen LogP contribution in [0, 0.1) is 5.92 Å². The summed E-state index contributed by atoms with van der Waals surface area (Å²) in [7, 11) is 0. The molecule has 1 heterocycles. The highest BCUT2D eigenvalue weighted by Gasteiger charge is 2.35. The van der Waals surface area contributed by atoms with Crippen molar-refractivity contribution in [2.75, 3.05) is 10.6 Å². The predicted octanol–water partition coefficient (Wildman–Crippen LogP) is 3.46. The lowest BCUT2D eigenvalue weighted by Crippen LogP contribution is -2.32. The van der Waals surface area contributed by atoms with E-state index in [-0.39, 0.29) is 11.8 Å². The Morgan fingerprint density at radius 2 is 2.20 bits per heavy atom. The first-order chi connectivity index (χ1) is 9.65. The summed E-state index contributed by atoms with van der Waals surface area (Å²) in [6.45, 7) is 0.368. The highest BCUT2D eigenvalue weighted by atomic mass is 35.5. The molecule has 4 nitrogen and oxygen atoms in total. The minimum absolute atomic E-state index is 0.0790. The largest absolute Gasteiger partial charge is 0.467 e. The third-order valence-electron chi connectivity index (χ3n) is 3.37. The van der Waals surface area contributed by atoms with Crippen LogP contribution in [0.25, 0.3) is 0 Å². The first-order valence-corrected chi connectivity index (χ1v) is 6.92. The number of carbonyl (C=O) groups is 1. The first kappa shape index (κ1) is 13.1. The van der Waals surface area contributed by atoms with Gasteiger partial charge in [-0.05, 0) is 43.2 Å². The van der Waals surface area contributed by atoms with Gasteiger partial charge in [0.25, 0.3) is 0 Å². The van der Waals surface area contributed by atoms with Gasteiger partial charge in [-0.3, -0.25) is 4.79 Å². The zero-order chi connectivity index (χ0) is 14.1. The highest BCUT2D eigenvalue weighted by molar-refractivity contribution is 6.31. The number of rotatable bonds is 4. The zero-order valence-electron chi connectivity index (χ0n) is 10.9. The van der Waals surface area contributed by atoms with E-state index in [1.165, 1.54) is 0 Å². The standard InChI is InChI=1S/C15H15ClN2O2/c16-11-5-6-13(17)14(8-11)18(15(19)10-3-4-10)9-12-2-1-7-20-12/h1-2,5-8,10H,3-4,9,17H2. The van der Waals surface area contributed by atoms with Crippen LogP contribution in [0.1, 0.15) is 18.6 Å². The van der Waals surface area contributed by atoms with Crippen LogP contribution in [0.4, 0.5) is 11.4 Å². The Balaban J connectivity index is 1.95. The van der Waals surface area contributed by atoms with E-state index in [0.717, 1.165) is 18.6 Å². The number of hydrogen-bond donors (Lipinski definition) is 1. The maximum absolute atomic E-state index is 12.5.